The third-order valence-corrected chi connectivity index (χ3v) is 8.26. The van der Waals surface area contributed by atoms with E-state index in [1.807, 2.05) is 56.4 Å². The van der Waals surface area contributed by atoms with Gasteiger partial charge in [0, 0.05) is 11.9 Å². The van der Waals surface area contributed by atoms with Crippen LogP contribution in [0, 0.1) is 25.2 Å². The first-order valence-electron chi connectivity index (χ1n) is 10.8. The summed E-state index contributed by atoms with van der Waals surface area (Å²) >= 11 is 3.03. The fourth-order valence-electron chi connectivity index (χ4n) is 4.04. The molecule has 1 amide bonds. The maximum absolute atomic E-state index is 13.8. The first-order chi connectivity index (χ1) is 16.5. The Labute approximate surface area is 207 Å². The molecule has 1 saturated heterocycles. The van der Waals surface area contributed by atoms with E-state index in [1.165, 1.54) is 17.3 Å². The summed E-state index contributed by atoms with van der Waals surface area (Å²) in [6.45, 7) is 4.48. The lowest BCUT2D eigenvalue weighted by molar-refractivity contribution is -0.122. The van der Waals surface area contributed by atoms with E-state index in [4.69, 9.17) is 4.99 Å². The summed E-state index contributed by atoms with van der Waals surface area (Å²) in [7, 11) is 2.01. The van der Waals surface area contributed by atoms with Crippen LogP contribution in [0.1, 0.15) is 22.3 Å². The third kappa shape index (κ3) is 4.00. The molecule has 0 unspecified atom stereocenters. The van der Waals surface area contributed by atoms with Crippen molar-refractivity contribution in [3.8, 4) is 6.07 Å². The van der Waals surface area contributed by atoms with Crippen molar-refractivity contribution in [1.29, 1.82) is 5.26 Å². The molecule has 5 nitrogen and oxygen atoms in total. The number of amides is 1. The lowest BCUT2D eigenvalue weighted by Crippen LogP contribution is -2.29. The minimum Gasteiger partial charge on any atom is -0.337 e. The first-order valence-corrected chi connectivity index (χ1v) is 12.5. The number of hydrogen-bond donors (Lipinski definition) is 0. The van der Waals surface area contributed by atoms with Gasteiger partial charge in [-0.05, 0) is 60.5 Å². The van der Waals surface area contributed by atoms with Gasteiger partial charge < -0.3 is 4.90 Å². The number of anilines is 1. The molecule has 7 heteroatoms. The predicted octanol–water partition coefficient (Wildman–Crippen LogP) is 6.35. The Balaban J connectivity index is 1.60. The summed E-state index contributed by atoms with van der Waals surface area (Å²) in [4.78, 5) is 24.3. The average molecular weight is 483 g/mol. The van der Waals surface area contributed by atoms with Crippen LogP contribution >= 0.6 is 23.5 Å². The summed E-state index contributed by atoms with van der Waals surface area (Å²) in [5.41, 5.74) is 5.55. The van der Waals surface area contributed by atoms with Crippen molar-refractivity contribution in [2.45, 2.75) is 25.3 Å². The molecule has 2 aliphatic rings. The Morgan fingerprint density at radius 1 is 0.971 bits per heavy atom. The molecular weight excluding hydrogens is 460 g/mol. The Bertz CT molecular complexity index is 1410. The van der Waals surface area contributed by atoms with Crippen LogP contribution in [0.4, 0.5) is 11.4 Å². The number of carbonyl (C=O) groups excluding carboxylic acids is 1. The topological polar surface area (TPSA) is 59.7 Å². The minimum atomic E-state index is -0.0542. The average Bonchev–Trinajstić information content (AvgIpc) is 3.33. The quantitative estimate of drug-likeness (QED) is 0.407. The molecule has 1 fully saturated rings. The fourth-order valence-corrected chi connectivity index (χ4v) is 6.46. The molecular formula is C27H22N4OS2. The smallest absolute Gasteiger partial charge is 0.269 e. The van der Waals surface area contributed by atoms with Crippen molar-refractivity contribution < 1.29 is 4.79 Å². The molecule has 0 radical (unpaired) electrons. The van der Waals surface area contributed by atoms with Crippen LogP contribution in [0.15, 0.2) is 86.6 Å². The van der Waals surface area contributed by atoms with Gasteiger partial charge in [-0.2, -0.15) is 5.26 Å². The normalized spacial score (nSPS) is 18.5. The van der Waals surface area contributed by atoms with E-state index in [2.05, 4.69) is 30.0 Å². The van der Waals surface area contributed by atoms with Gasteiger partial charge in [0.25, 0.3) is 5.91 Å². The highest BCUT2D eigenvalue weighted by Gasteiger charge is 2.39. The number of carbonyl (C=O) groups is 1. The van der Waals surface area contributed by atoms with Crippen LogP contribution in [0.5, 0.6) is 0 Å². The van der Waals surface area contributed by atoms with Gasteiger partial charge in [-0.25, -0.2) is 4.99 Å². The number of aryl methyl sites for hydroxylation is 2. The van der Waals surface area contributed by atoms with Crippen molar-refractivity contribution in [2.24, 2.45) is 4.99 Å². The second kappa shape index (κ2) is 9.05. The molecule has 0 atom stereocenters. The molecule has 3 aromatic carbocycles. The van der Waals surface area contributed by atoms with Crippen molar-refractivity contribution >= 4 is 46.0 Å². The number of thioether (sulfide) groups is 2. The third-order valence-electron chi connectivity index (χ3n) is 5.84. The SMILES string of the molecule is Cc1ccc(C#N)cc1N=C1S/C(=C2\Sc3cccc(C)c3N2C)C(=O)N1Cc1ccccc1. The van der Waals surface area contributed by atoms with Gasteiger partial charge in [0.15, 0.2) is 5.17 Å². The monoisotopic (exact) mass is 482 g/mol. The van der Waals surface area contributed by atoms with Gasteiger partial charge in [0.2, 0.25) is 0 Å². The maximum atomic E-state index is 13.8. The molecule has 0 aromatic heterocycles. The maximum Gasteiger partial charge on any atom is 0.269 e. The van der Waals surface area contributed by atoms with Gasteiger partial charge >= 0.3 is 0 Å². The number of para-hydroxylation sites is 1. The summed E-state index contributed by atoms with van der Waals surface area (Å²) in [6, 6.07) is 23.8. The van der Waals surface area contributed by atoms with Crippen molar-refractivity contribution in [2.75, 3.05) is 11.9 Å². The van der Waals surface area contributed by atoms with Gasteiger partial charge in [-0.3, -0.25) is 9.69 Å². The highest BCUT2D eigenvalue weighted by Crippen LogP contribution is 2.51. The zero-order valence-corrected chi connectivity index (χ0v) is 20.7. The second-order valence-electron chi connectivity index (χ2n) is 8.20. The van der Waals surface area contributed by atoms with E-state index in [-0.39, 0.29) is 5.91 Å². The summed E-state index contributed by atoms with van der Waals surface area (Å²) < 4.78 is 0. The number of aliphatic imine (C=N–C) groups is 1. The van der Waals surface area contributed by atoms with Crippen LogP contribution in [-0.4, -0.2) is 23.0 Å². The molecule has 2 aliphatic heterocycles. The molecule has 0 spiro atoms. The van der Waals surface area contributed by atoms with Crippen LogP contribution in [-0.2, 0) is 11.3 Å². The number of hydrogen-bond acceptors (Lipinski definition) is 6. The molecule has 0 saturated carbocycles. The van der Waals surface area contributed by atoms with Crippen molar-refractivity contribution in [3.63, 3.8) is 0 Å². The molecule has 5 rings (SSSR count). The Morgan fingerprint density at radius 3 is 2.50 bits per heavy atom. The molecule has 0 N–H and O–H groups in total. The van der Waals surface area contributed by atoms with Crippen molar-refractivity contribution in [1.82, 2.24) is 4.90 Å². The van der Waals surface area contributed by atoms with Crippen molar-refractivity contribution in [3.05, 3.63) is 98.9 Å². The zero-order chi connectivity index (χ0) is 23.8. The standard InChI is InChI=1S/C27H22N4OS2/c1-17-12-13-20(15-28)14-21(17)29-27-31(16-19-9-5-4-6-10-19)25(32)24(34-27)26-30(3)23-18(2)8-7-11-22(23)33-26/h4-14H,16H2,1-3H3/b26-24-,29-27?. The first kappa shape index (κ1) is 22.3. The predicted molar refractivity (Wildman–Crippen MR) is 140 cm³/mol. The highest BCUT2D eigenvalue weighted by atomic mass is 32.2. The van der Waals surface area contributed by atoms with E-state index < -0.39 is 0 Å². The second-order valence-corrected chi connectivity index (χ2v) is 10.2. The number of amidine groups is 1. The number of fused-ring (bicyclic) bond motifs is 1. The van der Waals surface area contributed by atoms with E-state index in [9.17, 15) is 10.1 Å². The summed E-state index contributed by atoms with van der Waals surface area (Å²) in [5, 5.41) is 10.9. The number of nitrogens with zero attached hydrogens (tertiary/aromatic N) is 4. The number of benzene rings is 3. The van der Waals surface area contributed by atoms with Gasteiger partial charge in [0.05, 0.1) is 34.6 Å². The molecule has 0 aliphatic carbocycles. The van der Waals surface area contributed by atoms with E-state index in [1.54, 1.807) is 28.8 Å². The fraction of sp³-hybridized carbons (Fsp3) is 0.148. The zero-order valence-electron chi connectivity index (χ0n) is 19.1. The Morgan fingerprint density at radius 2 is 1.76 bits per heavy atom. The van der Waals surface area contributed by atoms with E-state index in [0.29, 0.717) is 27.9 Å². The van der Waals surface area contributed by atoms with Gasteiger partial charge in [0.1, 0.15) is 4.91 Å². The summed E-state index contributed by atoms with van der Waals surface area (Å²) in [5.74, 6) is -0.0542. The van der Waals surface area contributed by atoms with Crippen LogP contribution in [0.25, 0.3) is 0 Å². The lowest BCUT2D eigenvalue weighted by Gasteiger charge is -2.17. The molecule has 0 bridgehead atoms. The number of rotatable bonds is 3. The van der Waals surface area contributed by atoms with E-state index >= 15 is 0 Å². The molecule has 168 valence electrons. The minimum absolute atomic E-state index is 0.0542. The summed E-state index contributed by atoms with van der Waals surface area (Å²) in [6.07, 6.45) is 0. The van der Waals surface area contributed by atoms with E-state index in [0.717, 1.165) is 26.7 Å². The lowest BCUT2D eigenvalue weighted by atomic mass is 10.1. The number of nitriles is 1. The molecule has 34 heavy (non-hydrogen) atoms. The van der Waals surface area contributed by atoms with Crippen LogP contribution in [0.2, 0.25) is 0 Å². The highest BCUT2D eigenvalue weighted by molar-refractivity contribution is 8.19. The largest absolute Gasteiger partial charge is 0.337 e. The van der Waals surface area contributed by atoms with Crippen LogP contribution in [0.3, 0.4) is 0 Å². The van der Waals surface area contributed by atoms with Gasteiger partial charge in [-0.1, -0.05) is 60.3 Å². The molecule has 3 aromatic rings. The molecule has 2 heterocycles. The Kier molecular flexibility index (Phi) is 5.94. The van der Waals surface area contributed by atoms with Crippen LogP contribution < -0.4 is 4.90 Å². The van der Waals surface area contributed by atoms with Gasteiger partial charge in [-0.15, -0.1) is 0 Å². The Hall–Kier alpha value is -3.47.